The lowest BCUT2D eigenvalue weighted by Crippen LogP contribution is -2.49. The minimum Gasteiger partial charge on any atom is -0.369 e. The molecule has 7 nitrogen and oxygen atoms in total. The van der Waals surface area contributed by atoms with Gasteiger partial charge in [0, 0.05) is 69.0 Å². The van der Waals surface area contributed by atoms with E-state index in [0.717, 1.165) is 74.3 Å². The number of piperazine rings is 1. The summed E-state index contributed by atoms with van der Waals surface area (Å²) >= 11 is 0. The van der Waals surface area contributed by atoms with Gasteiger partial charge in [0.15, 0.2) is 0 Å². The van der Waals surface area contributed by atoms with E-state index in [-0.39, 0.29) is 0 Å². The maximum Gasteiger partial charge on any atom is 0.150 e. The molecule has 2 saturated heterocycles. The molecule has 0 amide bonds. The van der Waals surface area contributed by atoms with Crippen molar-refractivity contribution >= 4 is 23.1 Å². The monoisotopic (exact) mass is 419 g/mol. The summed E-state index contributed by atoms with van der Waals surface area (Å²) in [6.07, 6.45) is 7.67. The van der Waals surface area contributed by atoms with E-state index in [9.17, 15) is 0 Å². The van der Waals surface area contributed by atoms with Crippen LogP contribution < -0.4 is 15.1 Å². The van der Waals surface area contributed by atoms with Gasteiger partial charge in [-0.15, -0.1) is 0 Å². The first-order valence-corrected chi connectivity index (χ1v) is 12.0. The zero-order chi connectivity index (χ0) is 20.9. The molecule has 0 aromatic carbocycles. The molecular formula is C24H33N7. The molecule has 2 aromatic heterocycles. The van der Waals surface area contributed by atoms with Crippen molar-refractivity contribution in [3.05, 3.63) is 30.2 Å². The first-order valence-electron chi connectivity index (χ1n) is 12.0. The lowest BCUT2D eigenvalue weighted by atomic mass is 10.2. The Morgan fingerprint density at radius 2 is 1.68 bits per heavy atom. The lowest BCUT2D eigenvalue weighted by molar-refractivity contribution is 0.209. The van der Waals surface area contributed by atoms with E-state index in [2.05, 4.69) is 56.0 Å². The van der Waals surface area contributed by atoms with Gasteiger partial charge >= 0.3 is 0 Å². The van der Waals surface area contributed by atoms with Gasteiger partial charge in [0.2, 0.25) is 0 Å². The number of fused-ring (bicyclic) bond motifs is 1. The van der Waals surface area contributed by atoms with Gasteiger partial charge in [-0.2, -0.15) is 0 Å². The molecule has 2 atom stereocenters. The van der Waals surface area contributed by atoms with E-state index in [1.54, 1.807) is 0 Å². The summed E-state index contributed by atoms with van der Waals surface area (Å²) in [6.45, 7) is 11.2. The van der Waals surface area contributed by atoms with E-state index in [4.69, 9.17) is 4.98 Å². The average molecular weight is 420 g/mol. The molecule has 1 N–H and O–H groups in total. The molecule has 2 aliphatic carbocycles. The van der Waals surface area contributed by atoms with Crippen LogP contribution in [0.5, 0.6) is 0 Å². The summed E-state index contributed by atoms with van der Waals surface area (Å²) in [7, 11) is 0. The second-order valence-electron chi connectivity index (χ2n) is 10.1. The number of anilines is 4. The van der Waals surface area contributed by atoms with Gasteiger partial charge in [-0.3, -0.25) is 9.88 Å². The summed E-state index contributed by atoms with van der Waals surface area (Å²) in [4.78, 5) is 21.7. The van der Waals surface area contributed by atoms with Crippen molar-refractivity contribution in [3.8, 4) is 0 Å². The fourth-order valence-electron chi connectivity index (χ4n) is 5.12. The number of rotatable bonds is 6. The Kier molecular flexibility index (Phi) is 4.74. The Bertz CT molecular complexity index is 921. The molecule has 0 radical (unpaired) electrons. The number of pyridine rings is 1. The molecule has 31 heavy (non-hydrogen) atoms. The molecule has 4 heterocycles. The van der Waals surface area contributed by atoms with Gasteiger partial charge in [0.25, 0.3) is 0 Å². The highest BCUT2D eigenvalue weighted by molar-refractivity contribution is 5.66. The number of piperidine rings is 1. The van der Waals surface area contributed by atoms with Crippen molar-refractivity contribution in [2.75, 3.05) is 54.4 Å². The molecule has 4 fully saturated rings. The predicted molar refractivity (Wildman–Crippen MR) is 124 cm³/mol. The van der Waals surface area contributed by atoms with Crippen LogP contribution in [0.15, 0.2) is 24.5 Å². The van der Waals surface area contributed by atoms with Crippen LogP contribution in [0.1, 0.15) is 44.7 Å². The van der Waals surface area contributed by atoms with Crippen molar-refractivity contribution < 1.29 is 0 Å². The van der Waals surface area contributed by atoms with Crippen molar-refractivity contribution in [3.63, 3.8) is 0 Å². The van der Waals surface area contributed by atoms with Crippen LogP contribution in [-0.4, -0.2) is 65.2 Å². The summed E-state index contributed by atoms with van der Waals surface area (Å²) in [5, 5.41) is 3.43. The Hall–Kier alpha value is -2.41. The van der Waals surface area contributed by atoms with Gasteiger partial charge in [0.05, 0.1) is 18.1 Å². The maximum atomic E-state index is 4.98. The van der Waals surface area contributed by atoms with Gasteiger partial charge in [0.1, 0.15) is 17.5 Å². The second-order valence-corrected chi connectivity index (χ2v) is 10.1. The standard InChI is InChI=1S/C24H33N7/c1-16(2)29-5-7-30(8-6-29)20-10-22(27-23-13-25-21(12-26-23)17-3-4-17)28-24(11-20)31-14-18-9-19(18)15-31/h10-13,16-19H,3-9,14-15H2,1-2H3,(H,26,27,28). The largest absolute Gasteiger partial charge is 0.369 e. The number of nitrogens with zero attached hydrogens (tertiary/aromatic N) is 6. The molecule has 164 valence electrons. The molecule has 0 spiro atoms. The van der Waals surface area contributed by atoms with Crippen LogP contribution in [-0.2, 0) is 0 Å². The molecular weight excluding hydrogens is 386 g/mol. The van der Waals surface area contributed by atoms with E-state index in [1.807, 2.05) is 12.4 Å². The molecule has 7 heteroatoms. The van der Waals surface area contributed by atoms with Crippen molar-refractivity contribution in [2.24, 2.45) is 11.8 Å². The molecule has 0 bridgehead atoms. The summed E-state index contributed by atoms with van der Waals surface area (Å²) in [6, 6.07) is 5.09. The summed E-state index contributed by atoms with van der Waals surface area (Å²) < 4.78 is 0. The Morgan fingerprint density at radius 3 is 2.32 bits per heavy atom. The Balaban J connectivity index is 1.24. The lowest BCUT2D eigenvalue weighted by Gasteiger charge is -2.38. The first kappa shape index (κ1) is 19.3. The molecule has 6 rings (SSSR count). The minimum absolute atomic E-state index is 0.612. The van der Waals surface area contributed by atoms with E-state index >= 15 is 0 Å². The summed E-state index contributed by atoms with van der Waals surface area (Å²) in [5.41, 5.74) is 2.38. The van der Waals surface area contributed by atoms with Crippen LogP contribution in [0.25, 0.3) is 0 Å². The number of hydrogen-bond donors (Lipinski definition) is 1. The SMILES string of the molecule is CC(C)N1CCN(c2cc(Nc3cnc(C4CC4)cn3)nc(N3CC4CC4C3)c2)CC1. The first-order chi connectivity index (χ1) is 15.1. The normalized spacial score (nSPS) is 25.8. The maximum absolute atomic E-state index is 4.98. The van der Waals surface area contributed by atoms with Crippen molar-refractivity contribution in [1.29, 1.82) is 0 Å². The number of nitrogens with one attached hydrogen (secondary N) is 1. The fraction of sp³-hybridized carbons (Fsp3) is 0.625. The fourth-order valence-corrected chi connectivity index (χ4v) is 5.12. The third-order valence-electron chi connectivity index (χ3n) is 7.43. The molecule has 2 unspecified atom stereocenters. The molecule has 2 saturated carbocycles. The zero-order valence-electron chi connectivity index (χ0n) is 18.7. The second kappa shape index (κ2) is 7.62. The van der Waals surface area contributed by atoms with Crippen LogP contribution in [0.3, 0.4) is 0 Å². The van der Waals surface area contributed by atoms with Crippen molar-refractivity contribution in [1.82, 2.24) is 19.9 Å². The topological polar surface area (TPSA) is 60.4 Å². The van der Waals surface area contributed by atoms with Crippen molar-refractivity contribution in [2.45, 2.75) is 45.1 Å². The van der Waals surface area contributed by atoms with E-state index in [1.165, 1.54) is 24.9 Å². The van der Waals surface area contributed by atoms with Crippen LogP contribution in [0.4, 0.5) is 23.1 Å². The Labute approximate surface area is 184 Å². The van der Waals surface area contributed by atoms with E-state index in [0.29, 0.717) is 12.0 Å². The smallest absolute Gasteiger partial charge is 0.150 e. The van der Waals surface area contributed by atoms with Crippen LogP contribution in [0.2, 0.25) is 0 Å². The highest BCUT2D eigenvalue weighted by atomic mass is 15.3. The van der Waals surface area contributed by atoms with Gasteiger partial charge in [-0.1, -0.05) is 0 Å². The van der Waals surface area contributed by atoms with Gasteiger partial charge < -0.3 is 15.1 Å². The minimum atomic E-state index is 0.612. The molecule has 2 aromatic rings. The zero-order valence-corrected chi connectivity index (χ0v) is 18.7. The quantitative estimate of drug-likeness (QED) is 0.769. The van der Waals surface area contributed by atoms with Gasteiger partial charge in [-0.05, 0) is 44.9 Å². The average Bonchev–Trinajstić information content (AvgIpc) is 3.73. The summed E-state index contributed by atoms with van der Waals surface area (Å²) in [5.74, 6) is 5.14. The van der Waals surface area contributed by atoms with E-state index < -0.39 is 0 Å². The molecule has 2 aliphatic heterocycles. The third-order valence-corrected chi connectivity index (χ3v) is 7.43. The van der Waals surface area contributed by atoms with Crippen LogP contribution in [0, 0.1) is 11.8 Å². The Morgan fingerprint density at radius 1 is 0.903 bits per heavy atom. The number of aromatic nitrogens is 3. The highest BCUT2D eigenvalue weighted by Crippen LogP contribution is 2.46. The highest BCUT2D eigenvalue weighted by Gasteiger charge is 2.45. The third kappa shape index (κ3) is 4.07. The molecule has 4 aliphatic rings. The van der Waals surface area contributed by atoms with Crippen LogP contribution >= 0.6 is 0 Å². The predicted octanol–water partition coefficient (Wildman–Crippen LogP) is 3.48. The van der Waals surface area contributed by atoms with Gasteiger partial charge in [-0.25, -0.2) is 9.97 Å². The number of hydrogen-bond acceptors (Lipinski definition) is 7.